The fraction of sp³-hybridized carbons (Fsp3) is 0.154. The van der Waals surface area contributed by atoms with Gasteiger partial charge >= 0.3 is 12.0 Å². The molecule has 0 bridgehead atoms. The average Bonchev–Trinajstić information content (AvgIpc) is 3.35. The molecule has 4 rings (SSSR count). The number of carbonyl (C=O) groups is 2. The van der Waals surface area contributed by atoms with E-state index in [0.717, 1.165) is 16.7 Å². The van der Waals surface area contributed by atoms with Gasteiger partial charge in [0.15, 0.2) is 0 Å². The zero-order valence-electron chi connectivity index (χ0n) is 18.6. The molecule has 1 aromatic heterocycles. The van der Waals surface area contributed by atoms with Gasteiger partial charge in [-0.25, -0.2) is 4.79 Å². The lowest BCUT2D eigenvalue weighted by Crippen LogP contribution is -2.33. The summed E-state index contributed by atoms with van der Waals surface area (Å²) in [5.74, 6) is 0.349. The van der Waals surface area contributed by atoms with Gasteiger partial charge in [-0.15, -0.1) is 10.2 Å². The van der Waals surface area contributed by atoms with Crippen LogP contribution in [-0.4, -0.2) is 28.8 Å². The van der Waals surface area contributed by atoms with Crippen LogP contribution in [0.4, 0.5) is 10.5 Å². The molecule has 2 amide bonds. The highest BCUT2D eigenvalue weighted by atomic mass is 16.5. The Hall–Kier alpha value is -4.46. The number of hydrogen-bond donors (Lipinski definition) is 2. The Bertz CT molecular complexity index is 1220. The smallest absolute Gasteiger partial charge is 0.320 e. The first kappa shape index (κ1) is 22.7. The summed E-state index contributed by atoms with van der Waals surface area (Å²) >= 11 is 0. The van der Waals surface area contributed by atoms with Gasteiger partial charge in [0.1, 0.15) is 6.04 Å². The first-order chi connectivity index (χ1) is 16.6. The number of rotatable bonds is 8. The number of nitrogens with one attached hydrogen (secondary N) is 2. The van der Waals surface area contributed by atoms with Crippen LogP contribution in [0.3, 0.4) is 0 Å². The Balaban J connectivity index is 1.48. The molecule has 1 atom stereocenters. The Morgan fingerprint density at radius 1 is 0.912 bits per heavy atom. The van der Waals surface area contributed by atoms with E-state index in [4.69, 9.17) is 9.15 Å². The van der Waals surface area contributed by atoms with Crippen LogP contribution >= 0.6 is 0 Å². The van der Waals surface area contributed by atoms with Gasteiger partial charge in [0, 0.05) is 11.3 Å². The van der Waals surface area contributed by atoms with Crippen molar-refractivity contribution in [3.8, 4) is 11.5 Å². The van der Waals surface area contributed by atoms with Crippen molar-refractivity contribution in [2.24, 2.45) is 0 Å². The zero-order chi connectivity index (χ0) is 23.8. The average molecular weight is 457 g/mol. The number of nitrogens with zero attached hydrogens (tertiary/aromatic N) is 2. The van der Waals surface area contributed by atoms with Crippen LogP contribution in [-0.2, 0) is 16.0 Å². The van der Waals surface area contributed by atoms with Crippen LogP contribution in [0.2, 0.25) is 0 Å². The molecule has 0 radical (unpaired) electrons. The number of ether oxygens (including phenoxy) is 1. The number of anilines is 1. The minimum atomic E-state index is -0.644. The maximum Gasteiger partial charge on any atom is 0.320 e. The second-order valence-corrected chi connectivity index (χ2v) is 7.43. The van der Waals surface area contributed by atoms with Gasteiger partial charge in [-0.2, -0.15) is 0 Å². The van der Waals surface area contributed by atoms with Gasteiger partial charge in [-0.3, -0.25) is 4.79 Å². The Labute approximate surface area is 197 Å². The highest BCUT2D eigenvalue weighted by molar-refractivity contribution is 5.89. The number of hydrogen-bond acceptors (Lipinski definition) is 6. The molecule has 4 aromatic rings. The second kappa shape index (κ2) is 10.9. The number of benzene rings is 3. The lowest BCUT2D eigenvalue weighted by atomic mass is 10.1. The molecule has 34 heavy (non-hydrogen) atoms. The molecule has 8 nitrogen and oxygen atoms in total. The Morgan fingerprint density at radius 2 is 1.59 bits per heavy atom. The van der Waals surface area contributed by atoms with Crippen molar-refractivity contribution < 1.29 is 18.7 Å². The summed E-state index contributed by atoms with van der Waals surface area (Å²) in [6.45, 7) is 2.11. The zero-order valence-corrected chi connectivity index (χ0v) is 18.6. The van der Waals surface area contributed by atoms with Crippen molar-refractivity contribution in [1.29, 1.82) is 0 Å². The second-order valence-electron chi connectivity index (χ2n) is 7.43. The monoisotopic (exact) mass is 456 g/mol. The van der Waals surface area contributed by atoms with E-state index in [-0.39, 0.29) is 18.3 Å². The van der Waals surface area contributed by atoms with Crippen molar-refractivity contribution in [2.45, 2.75) is 19.4 Å². The largest absolute Gasteiger partial charge is 0.466 e. The van der Waals surface area contributed by atoms with Gasteiger partial charge in [0.25, 0.3) is 0 Å². The minimum Gasteiger partial charge on any atom is -0.466 e. The Kier molecular flexibility index (Phi) is 7.29. The third-order valence-electron chi connectivity index (χ3n) is 4.98. The number of carbonyl (C=O) groups excluding carboxylic acids is 2. The molecular formula is C26H24N4O4. The molecule has 0 spiro atoms. The summed E-state index contributed by atoms with van der Waals surface area (Å²) in [4.78, 5) is 24.4. The summed E-state index contributed by atoms with van der Waals surface area (Å²) in [5, 5.41) is 14.0. The van der Waals surface area contributed by atoms with Gasteiger partial charge in [0.2, 0.25) is 11.8 Å². The van der Waals surface area contributed by atoms with Crippen LogP contribution in [0, 0.1) is 0 Å². The molecule has 2 N–H and O–H groups in total. The summed E-state index contributed by atoms with van der Waals surface area (Å²) in [6.07, 6.45) is 0.178. The summed E-state index contributed by atoms with van der Waals surface area (Å²) < 4.78 is 10.9. The fourth-order valence-corrected chi connectivity index (χ4v) is 3.36. The van der Waals surface area contributed by atoms with Crippen molar-refractivity contribution in [3.63, 3.8) is 0 Å². The molecule has 0 unspecified atom stereocenters. The van der Waals surface area contributed by atoms with E-state index in [1.807, 2.05) is 60.7 Å². The highest BCUT2D eigenvalue weighted by Gasteiger charge is 2.23. The number of esters is 1. The fourth-order valence-electron chi connectivity index (χ4n) is 3.36. The van der Waals surface area contributed by atoms with Crippen LogP contribution in [0.25, 0.3) is 11.5 Å². The van der Waals surface area contributed by atoms with E-state index in [9.17, 15) is 9.59 Å². The molecule has 1 heterocycles. The minimum absolute atomic E-state index is 0.178. The molecule has 0 aliphatic carbocycles. The molecule has 0 fully saturated rings. The van der Waals surface area contributed by atoms with Crippen LogP contribution in [0.15, 0.2) is 89.3 Å². The van der Waals surface area contributed by atoms with Crippen molar-refractivity contribution in [1.82, 2.24) is 15.5 Å². The topological polar surface area (TPSA) is 106 Å². The Morgan fingerprint density at radius 3 is 2.26 bits per heavy atom. The third kappa shape index (κ3) is 5.86. The van der Waals surface area contributed by atoms with Crippen molar-refractivity contribution in [2.75, 3.05) is 11.9 Å². The van der Waals surface area contributed by atoms with Gasteiger partial charge in [-0.1, -0.05) is 60.7 Å². The predicted octanol–water partition coefficient (Wildman–Crippen LogP) is 4.75. The number of amides is 2. The quantitative estimate of drug-likeness (QED) is 0.371. The lowest BCUT2D eigenvalue weighted by molar-refractivity contribution is -0.142. The highest BCUT2D eigenvalue weighted by Crippen LogP contribution is 2.25. The lowest BCUT2D eigenvalue weighted by Gasteiger charge is -2.16. The molecule has 3 aromatic carbocycles. The van der Waals surface area contributed by atoms with Crippen LogP contribution in [0.1, 0.15) is 30.0 Å². The third-order valence-corrected chi connectivity index (χ3v) is 4.98. The molecule has 0 aliphatic heterocycles. The summed E-state index contributed by atoms with van der Waals surface area (Å²) in [6, 6.07) is 24.7. The maximum absolute atomic E-state index is 12.8. The van der Waals surface area contributed by atoms with E-state index in [1.54, 1.807) is 31.2 Å². The van der Waals surface area contributed by atoms with E-state index in [0.29, 0.717) is 18.2 Å². The SMILES string of the molecule is CCOC(=O)Cc1ccc(NC(=O)N[C@H](c2ccccc2)c2nnc(-c3ccccc3)o2)cc1. The standard InChI is InChI=1S/C26H24N4O4/c1-2-33-22(31)17-18-13-15-21(16-14-18)27-26(32)28-23(19-9-5-3-6-10-19)25-30-29-24(34-25)20-11-7-4-8-12-20/h3-16,23H,2,17H2,1H3,(H2,27,28,32)/t23-/m1/s1. The maximum atomic E-state index is 12.8. The van der Waals surface area contributed by atoms with Crippen molar-refractivity contribution in [3.05, 3.63) is 102 Å². The van der Waals surface area contributed by atoms with E-state index < -0.39 is 12.1 Å². The number of urea groups is 1. The van der Waals surface area contributed by atoms with Gasteiger partial charge in [-0.05, 0) is 42.3 Å². The normalized spacial score (nSPS) is 11.4. The van der Waals surface area contributed by atoms with Gasteiger partial charge in [0.05, 0.1) is 13.0 Å². The number of aromatic nitrogens is 2. The molecule has 172 valence electrons. The summed E-state index contributed by atoms with van der Waals surface area (Å²) in [5.41, 5.74) is 2.96. The molecule has 0 aliphatic rings. The van der Waals surface area contributed by atoms with Crippen molar-refractivity contribution >= 4 is 17.7 Å². The first-order valence-electron chi connectivity index (χ1n) is 10.9. The van der Waals surface area contributed by atoms with Crippen LogP contribution in [0.5, 0.6) is 0 Å². The molecular weight excluding hydrogens is 432 g/mol. The van der Waals surface area contributed by atoms with E-state index in [1.165, 1.54) is 0 Å². The first-order valence-corrected chi connectivity index (χ1v) is 10.9. The summed E-state index contributed by atoms with van der Waals surface area (Å²) in [7, 11) is 0. The van der Waals surface area contributed by atoms with E-state index >= 15 is 0 Å². The molecule has 8 heteroatoms. The van der Waals surface area contributed by atoms with E-state index in [2.05, 4.69) is 20.8 Å². The molecule has 0 saturated carbocycles. The van der Waals surface area contributed by atoms with Gasteiger partial charge < -0.3 is 19.8 Å². The van der Waals surface area contributed by atoms with Crippen LogP contribution < -0.4 is 10.6 Å². The predicted molar refractivity (Wildman–Crippen MR) is 127 cm³/mol. The molecule has 0 saturated heterocycles.